The molecule has 0 amide bonds. The molecule has 1 aromatic heterocycles. The van der Waals surface area contributed by atoms with E-state index in [1.807, 2.05) is 0 Å². The lowest BCUT2D eigenvalue weighted by atomic mass is 10.1. The van der Waals surface area contributed by atoms with Gasteiger partial charge in [0.05, 0.1) is 11.4 Å². The molecule has 0 radical (unpaired) electrons. The van der Waals surface area contributed by atoms with Crippen LogP contribution in [0.15, 0.2) is 6.07 Å². The second kappa shape index (κ2) is 4.72. The monoisotopic (exact) mass is 255 g/mol. The van der Waals surface area contributed by atoms with Gasteiger partial charge in [-0.1, -0.05) is 23.2 Å². The fourth-order valence-electron chi connectivity index (χ4n) is 1.01. The molecule has 82 valence electrons. The van der Waals surface area contributed by atoms with Crippen molar-refractivity contribution in [2.45, 2.75) is 12.8 Å². The molecule has 1 rings (SSSR count). The maximum absolute atomic E-state index is 12.4. The summed E-state index contributed by atoms with van der Waals surface area (Å²) >= 11 is 11.0. The molecule has 0 saturated heterocycles. The van der Waals surface area contributed by atoms with E-state index in [-0.39, 0.29) is 15.7 Å². The van der Waals surface area contributed by atoms with Crippen molar-refractivity contribution in [2.24, 2.45) is 0 Å². The zero-order valence-electron chi connectivity index (χ0n) is 7.18. The highest BCUT2D eigenvalue weighted by Crippen LogP contribution is 2.28. The van der Waals surface area contributed by atoms with Gasteiger partial charge in [-0.15, -0.1) is 0 Å². The van der Waals surface area contributed by atoms with Gasteiger partial charge in [-0.05, 0) is 11.6 Å². The molecule has 7 heteroatoms. The van der Waals surface area contributed by atoms with Crippen LogP contribution in [-0.2, 0) is 11.2 Å². The van der Waals surface area contributed by atoms with E-state index in [1.54, 1.807) is 0 Å². The normalized spacial score (nSPS) is 10.7. The van der Waals surface area contributed by atoms with Gasteiger partial charge in [0, 0.05) is 0 Å². The van der Waals surface area contributed by atoms with E-state index in [2.05, 4.69) is 4.98 Å². The molecule has 1 heterocycles. The summed E-state index contributed by atoms with van der Waals surface area (Å²) in [6, 6.07) is 1.09. The number of carboxylic acids is 1. The molecule has 1 aromatic rings. The number of pyridine rings is 1. The Kier molecular flexibility index (Phi) is 3.82. The standard InChI is InChI=1S/C8H5Cl2F2NO2/c9-4-1-3(2-5(14)15)6(8(11)12)13-7(4)10/h1,8H,2H2,(H,14,15). The molecule has 0 aliphatic carbocycles. The summed E-state index contributed by atoms with van der Waals surface area (Å²) in [5.41, 5.74) is -0.779. The molecule has 0 atom stereocenters. The van der Waals surface area contributed by atoms with E-state index in [1.165, 1.54) is 0 Å². The lowest BCUT2D eigenvalue weighted by Crippen LogP contribution is -2.06. The van der Waals surface area contributed by atoms with Crippen LogP contribution in [0.3, 0.4) is 0 Å². The van der Waals surface area contributed by atoms with Crippen LogP contribution in [0.1, 0.15) is 17.7 Å². The van der Waals surface area contributed by atoms with Crippen molar-refractivity contribution >= 4 is 29.2 Å². The molecule has 15 heavy (non-hydrogen) atoms. The summed E-state index contributed by atoms with van der Waals surface area (Å²) in [5, 5.41) is 8.18. The maximum atomic E-state index is 12.4. The number of carbonyl (C=O) groups is 1. The maximum Gasteiger partial charge on any atom is 0.307 e. The van der Waals surface area contributed by atoms with Crippen molar-refractivity contribution in [2.75, 3.05) is 0 Å². The number of alkyl halides is 2. The largest absolute Gasteiger partial charge is 0.481 e. The zero-order chi connectivity index (χ0) is 11.6. The van der Waals surface area contributed by atoms with Crippen LogP contribution in [0.25, 0.3) is 0 Å². The molecule has 0 fully saturated rings. The van der Waals surface area contributed by atoms with E-state index in [0.29, 0.717) is 0 Å². The van der Waals surface area contributed by atoms with Crippen molar-refractivity contribution in [3.8, 4) is 0 Å². The number of carboxylic acid groups (broad SMARTS) is 1. The Bertz CT molecular complexity index is 398. The fraction of sp³-hybridized carbons (Fsp3) is 0.250. The smallest absolute Gasteiger partial charge is 0.307 e. The number of hydrogen-bond donors (Lipinski definition) is 1. The van der Waals surface area contributed by atoms with Gasteiger partial charge in [-0.2, -0.15) is 0 Å². The van der Waals surface area contributed by atoms with Crippen molar-refractivity contribution in [1.29, 1.82) is 0 Å². The van der Waals surface area contributed by atoms with Gasteiger partial charge in [0.1, 0.15) is 10.8 Å². The van der Waals surface area contributed by atoms with Crippen LogP contribution in [-0.4, -0.2) is 16.1 Å². The highest BCUT2D eigenvalue weighted by molar-refractivity contribution is 6.41. The molecule has 0 aliphatic rings. The third kappa shape index (κ3) is 3.00. The first kappa shape index (κ1) is 12.1. The Labute approximate surface area is 93.6 Å². The topological polar surface area (TPSA) is 50.2 Å². The number of halogens is 4. The third-order valence-electron chi connectivity index (χ3n) is 1.59. The Morgan fingerprint density at radius 1 is 1.53 bits per heavy atom. The van der Waals surface area contributed by atoms with Crippen LogP contribution >= 0.6 is 23.2 Å². The van der Waals surface area contributed by atoms with Gasteiger partial charge in [-0.25, -0.2) is 13.8 Å². The summed E-state index contributed by atoms with van der Waals surface area (Å²) in [6.45, 7) is 0. The van der Waals surface area contributed by atoms with Crippen LogP contribution < -0.4 is 0 Å². The minimum absolute atomic E-state index is 0.0442. The molecule has 0 unspecified atom stereocenters. The number of rotatable bonds is 3. The van der Waals surface area contributed by atoms with Crippen molar-refractivity contribution in [3.63, 3.8) is 0 Å². The first-order valence-electron chi connectivity index (χ1n) is 3.76. The highest BCUT2D eigenvalue weighted by Gasteiger charge is 2.19. The van der Waals surface area contributed by atoms with E-state index in [4.69, 9.17) is 28.3 Å². The average Bonchev–Trinajstić information content (AvgIpc) is 2.09. The van der Waals surface area contributed by atoms with Gasteiger partial charge >= 0.3 is 5.97 Å². The lowest BCUT2D eigenvalue weighted by molar-refractivity contribution is -0.136. The van der Waals surface area contributed by atoms with Crippen molar-refractivity contribution in [3.05, 3.63) is 27.5 Å². The quantitative estimate of drug-likeness (QED) is 0.846. The number of aromatic nitrogens is 1. The van der Waals surface area contributed by atoms with Crippen molar-refractivity contribution < 1.29 is 18.7 Å². The Morgan fingerprint density at radius 2 is 2.13 bits per heavy atom. The summed E-state index contributed by atoms with van der Waals surface area (Å²) in [7, 11) is 0. The lowest BCUT2D eigenvalue weighted by Gasteiger charge is -2.07. The molecule has 0 aliphatic heterocycles. The van der Waals surface area contributed by atoms with E-state index in [9.17, 15) is 13.6 Å². The first-order valence-corrected chi connectivity index (χ1v) is 4.52. The number of nitrogens with zero attached hydrogens (tertiary/aromatic N) is 1. The highest BCUT2D eigenvalue weighted by atomic mass is 35.5. The van der Waals surface area contributed by atoms with Gasteiger partial charge in [0.15, 0.2) is 0 Å². The number of hydrogen-bond acceptors (Lipinski definition) is 2. The molecule has 3 nitrogen and oxygen atoms in total. The van der Waals surface area contributed by atoms with E-state index in [0.717, 1.165) is 6.07 Å². The first-order chi connectivity index (χ1) is 6.91. The summed E-state index contributed by atoms with van der Waals surface area (Å²) < 4.78 is 24.9. The van der Waals surface area contributed by atoms with Crippen LogP contribution in [0, 0.1) is 0 Å². The molecular formula is C8H5Cl2F2NO2. The molecule has 0 saturated carbocycles. The molecule has 0 bridgehead atoms. The van der Waals surface area contributed by atoms with Gasteiger partial charge < -0.3 is 5.11 Å². The van der Waals surface area contributed by atoms with Gasteiger partial charge in [0.2, 0.25) is 0 Å². The second-order valence-electron chi connectivity index (χ2n) is 2.68. The van der Waals surface area contributed by atoms with Crippen LogP contribution in [0.5, 0.6) is 0 Å². The molecular weight excluding hydrogens is 251 g/mol. The third-order valence-corrected chi connectivity index (χ3v) is 2.27. The van der Waals surface area contributed by atoms with Gasteiger partial charge in [-0.3, -0.25) is 4.79 Å². The minimum atomic E-state index is -2.88. The second-order valence-corrected chi connectivity index (χ2v) is 3.44. The zero-order valence-corrected chi connectivity index (χ0v) is 8.69. The molecule has 1 N–H and O–H groups in total. The predicted molar refractivity (Wildman–Crippen MR) is 50.6 cm³/mol. The number of aliphatic carboxylic acids is 1. The van der Waals surface area contributed by atoms with E-state index < -0.39 is 24.5 Å². The Hall–Kier alpha value is -0.940. The average molecular weight is 256 g/mol. The fourth-order valence-corrected chi connectivity index (χ4v) is 1.33. The summed E-state index contributed by atoms with van der Waals surface area (Å²) in [6.07, 6.45) is -3.45. The summed E-state index contributed by atoms with van der Waals surface area (Å²) in [4.78, 5) is 13.7. The molecule has 0 aromatic carbocycles. The minimum Gasteiger partial charge on any atom is -0.481 e. The van der Waals surface area contributed by atoms with E-state index >= 15 is 0 Å². The van der Waals surface area contributed by atoms with Gasteiger partial charge in [0.25, 0.3) is 6.43 Å². The Morgan fingerprint density at radius 3 is 2.60 bits per heavy atom. The predicted octanol–water partition coefficient (Wildman–Crippen LogP) is 2.95. The summed E-state index contributed by atoms with van der Waals surface area (Å²) in [5.74, 6) is -1.24. The van der Waals surface area contributed by atoms with Crippen molar-refractivity contribution in [1.82, 2.24) is 4.98 Å². The Balaban J connectivity index is 3.21. The molecule has 0 spiro atoms. The van der Waals surface area contributed by atoms with Crippen LogP contribution in [0.4, 0.5) is 8.78 Å². The van der Waals surface area contributed by atoms with Crippen LogP contribution in [0.2, 0.25) is 10.2 Å². The SMILES string of the molecule is O=C(O)Cc1cc(Cl)c(Cl)nc1C(F)F.